The first-order valence-electron chi connectivity index (χ1n) is 11.8. The molecular weight excluding hydrogens is 517 g/mol. The predicted octanol–water partition coefficient (Wildman–Crippen LogP) is 4.45. The molecule has 6 nitrogen and oxygen atoms in total. The van der Waals surface area contributed by atoms with Gasteiger partial charge in [0.1, 0.15) is 23.1 Å². The van der Waals surface area contributed by atoms with Gasteiger partial charge < -0.3 is 10.2 Å². The Kier molecular flexibility index (Phi) is 7.28. The zero-order valence-corrected chi connectivity index (χ0v) is 21.1. The number of halogens is 5. The van der Waals surface area contributed by atoms with E-state index in [-0.39, 0.29) is 36.2 Å². The molecule has 1 aliphatic carbocycles. The highest BCUT2D eigenvalue weighted by molar-refractivity contribution is 7.89. The predicted molar refractivity (Wildman–Crippen MR) is 128 cm³/mol. The molecule has 2 amide bonds. The minimum atomic E-state index is -4.33. The van der Waals surface area contributed by atoms with Crippen molar-refractivity contribution in [3.05, 3.63) is 59.4 Å². The number of amides is 2. The highest BCUT2D eigenvalue weighted by Crippen LogP contribution is 2.55. The molecule has 1 aliphatic heterocycles. The van der Waals surface area contributed by atoms with E-state index in [4.69, 9.17) is 0 Å². The minimum absolute atomic E-state index is 0.0311. The second-order valence-electron chi connectivity index (χ2n) is 10.4. The van der Waals surface area contributed by atoms with E-state index in [1.165, 1.54) is 36.9 Å². The summed E-state index contributed by atoms with van der Waals surface area (Å²) in [5, 5.41) is 2.49. The Morgan fingerprint density at radius 2 is 1.78 bits per heavy atom. The summed E-state index contributed by atoms with van der Waals surface area (Å²) >= 11 is 0. The zero-order chi connectivity index (χ0) is 27.2. The lowest BCUT2D eigenvalue weighted by Crippen LogP contribution is -2.52. The van der Waals surface area contributed by atoms with Crippen molar-refractivity contribution in [1.82, 2.24) is 14.9 Å². The molecule has 2 aliphatic rings. The van der Waals surface area contributed by atoms with E-state index in [9.17, 15) is 30.8 Å². The molecule has 1 heterocycles. The van der Waals surface area contributed by atoms with E-state index in [1.54, 1.807) is 0 Å². The third-order valence-electron chi connectivity index (χ3n) is 6.87. The molecule has 0 bridgehead atoms. The van der Waals surface area contributed by atoms with E-state index < -0.39 is 62.7 Å². The lowest BCUT2D eigenvalue weighted by molar-refractivity contribution is 0.170. The molecule has 4 rings (SSSR count). The molecule has 2 fully saturated rings. The number of hydrogen-bond acceptors (Lipinski definition) is 3. The Morgan fingerprint density at radius 3 is 2.35 bits per heavy atom. The van der Waals surface area contributed by atoms with Gasteiger partial charge in [-0.05, 0) is 56.4 Å². The van der Waals surface area contributed by atoms with Gasteiger partial charge >= 0.3 is 6.03 Å². The molecule has 1 saturated carbocycles. The van der Waals surface area contributed by atoms with Gasteiger partial charge in [0.2, 0.25) is 16.0 Å². The van der Waals surface area contributed by atoms with Crippen molar-refractivity contribution in [3.8, 4) is 11.1 Å². The maximum Gasteiger partial charge on any atom is 0.317 e. The molecule has 2 N–H and O–H groups in total. The molecule has 2 atom stereocenters. The van der Waals surface area contributed by atoms with Crippen molar-refractivity contribution in [3.63, 3.8) is 0 Å². The van der Waals surface area contributed by atoms with Crippen LogP contribution >= 0.6 is 0 Å². The van der Waals surface area contributed by atoms with Crippen molar-refractivity contribution in [2.45, 2.75) is 50.9 Å². The lowest BCUT2D eigenvalue weighted by Gasteiger charge is -2.30. The summed E-state index contributed by atoms with van der Waals surface area (Å²) in [4.78, 5) is 14.4. The number of sulfonamides is 1. The highest BCUT2D eigenvalue weighted by Gasteiger charge is 2.61. The van der Waals surface area contributed by atoms with Gasteiger partial charge in [-0.1, -0.05) is 18.2 Å². The summed E-state index contributed by atoms with van der Waals surface area (Å²) in [7, 11) is -4.33. The second-order valence-corrected chi connectivity index (χ2v) is 12.1. The molecule has 0 aromatic heterocycles. The highest BCUT2D eigenvalue weighted by atomic mass is 32.2. The molecule has 202 valence electrons. The Morgan fingerprint density at radius 1 is 1.14 bits per heavy atom. The van der Waals surface area contributed by atoms with Crippen molar-refractivity contribution in [1.29, 1.82) is 0 Å². The SMILES string of the molecule is CC(C)(F)CNC(=O)N1CC2(CC2)[C@H](NS(=O)(=O)CF)[C@@H]1Cc1cccc(-c2cc(F)cc(F)c2)c1F. The Labute approximate surface area is 212 Å². The standard InChI is InChI=1S/C25H28F5N3O3S/c1-24(2,30)12-31-23(34)33-13-25(6-7-25)22(32-37(35,36)14-26)20(33)10-15-4-3-5-19(21(15)29)16-8-17(27)11-18(28)9-16/h3-5,8-9,11,20,22,32H,6-7,10,12-14H2,1-2H3,(H,31,34)/t20-,22+/m0/s1. The van der Waals surface area contributed by atoms with Gasteiger partial charge in [-0.3, -0.25) is 0 Å². The van der Waals surface area contributed by atoms with Crippen LogP contribution in [-0.4, -0.2) is 56.2 Å². The second kappa shape index (κ2) is 9.86. The first-order valence-corrected chi connectivity index (χ1v) is 13.4. The monoisotopic (exact) mass is 545 g/mol. The van der Waals surface area contributed by atoms with Crippen molar-refractivity contribution in [2.75, 3.05) is 19.1 Å². The van der Waals surface area contributed by atoms with Crippen molar-refractivity contribution < 1.29 is 35.2 Å². The zero-order valence-electron chi connectivity index (χ0n) is 20.3. The van der Waals surface area contributed by atoms with Gasteiger partial charge in [0.25, 0.3) is 0 Å². The molecule has 0 unspecified atom stereocenters. The van der Waals surface area contributed by atoms with Crippen LogP contribution in [0.5, 0.6) is 0 Å². The average molecular weight is 546 g/mol. The molecule has 2 aromatic carbocycles. The number of benzene rings is 2. The van der Waals surface area contributed by atoms with Gasteiger partial charge in [0.15, 0.2) is 0 Å². The maximum absolute atomic E-state index is 15.6. The van der Waals surface area contributed by atoms with Crippen LogP contribution < -0.4 is 10.0 Å². The maximum atomic E-state index is 15.6. The topological polar surface area (TPSA) is 78.5 Å². The van der Waals surface area contributed by atoms with Crippen LogP contribution in [0.15, 0.2) is 36.4 Å². The lowest BCUT2D eigenvalue weighted by atomic mass is 9.91. The summed E-state index contributed by atoms with van der Waals surface area (Å²) in [5.41, 5.74) is -2.41. The quantitative estimate of drug-likeness (QED) is 0.482. The first-order chi connectivity index (χ1) is 17.2. The van der Waals surface area contributed by atoms with E-state index in [0.717, 1.165) is 12.1 Å². The summed E-state index contributed by atoms with van der Waals surface area (Å²) in [5.74, 6) is -2.56. The van der Waals surface area contributed by atoms with Crippen LogP contribution in [0.1, 0.15) is 32.3 Å². The fourth-order valence-corrected chi connectivity index (χ4v) is 5.79. The van der Waals surface area contributed by atoms with Crippen molar-refractivity contribution >= 4 is 16.1 Å². The third-order valence-corrected chi connectivity index (χ3v) is 7.77. The molecule has 0 radical (unpaired) electrons. The fourth-order valence-electron chi connectivity index (χ4n) is 4.93. The molecular formula is C25H28F5N3O3S. The molecule has 2 aromatic rings. The number of rotatable bonds is 8. The minimum Gasteiger partial charge on any atom is -0.335 e. The van der Waals surface area contributed by atoms with E-state index in [0.29, 0.717) is 18.9 Å². The molecule has 1 spiro atoms. The smallest absolute Gasteiger partial charge is 0.317 e. The molecule has 1 saturated heterocycles. The van der Waals surface area contributed by atoms with Crippen LogP contribution in [0.25, 0.3) is 11.1 Å². The third kappa shape index (κ3) is 6.06. The van der Waals surface area contributed by atoms with Crippen LogP contribution in [0.2, 0.25) is 0 Å². The van der Waals surface area contributed by atoms with Crippen LogP contribution in [0.4, 0.5) is 26.7 Å². The number of alkyl halides is 2. The van der Waals surface area contributed by atoms with Gasteiger partial charge in [-0.15, -0.1) is 0 Å². The molecule has 12 heteroatoms. The number of nitrogens with one attached hydrogen (secondary N) is 2. The first kappa shape index (κ1) is 27.3. The fraction of sp³-hybridized carbons (Fsp3) is 0.480. The van der Waals surface area contributed by atoms with Gasteiger partial charge in [-0.2, -0.15) is 0 Å². The Bertz CT molecular complexity index is 1270. The number of hydrogen-bond donors (Lipinski definition) is 2. The van der Waals surface area contributed by atoms with Gasteiger partial charge in [-0.25, -0.2) is 39.9 Å². The van der Waals surface area contributed by atoms with E-state index in [2.05, 4.69) is 10.0 Å². The summed E-state index contributed by atoms with van der Waals surface area (Å²) in [6.07, 6.45) is 0.948. The van der Waals surface area contributed by atoms with Crippen LogP contribution in [-0.2, 0) is 16.4 Å². The Balaban J connectivity index is 1.70. The number of nitrogens with zero attached hydrogens (tertiary/aromatic N) is 1. The van der Waals surface area contributed by atoms with Gasteiger partial charge in [0, 0.05) is 29.6 Å². The van der Waals surface area contributed by atoms with E-state index in [1.807, 2.05) is 0 Å². The normalized spacial score (nSPS) is 20.9. The van der Waals surface area contributed by atoms with E-state index >= 15 is 4.39 Å². The number of carbonyl (C=O) groups is 1. The molecule has 37 heavy (non-hydrogen) atoms. The van der Waals surface area contributed by atoms with Gasteiger partial charge in [0.05, 0.1) is 12.6 Å². The van der Waals surface area contributed by atoms with Crippen LogP contribution in [0, 0.1) is 22.9 Å². The number of carbonyl (C=O) groups excluding carboxylic acids is 1. The average Bonchev–Trinajstić information content (AvgIpc) is 3.53. The number of urea groups is 1. The van der Waals surface area contributed by atoms with Crippen molar-refractivity contribution in [2.24, 2.45) is 5.41 Å². The summed E-state index contributed by atoms with van der Waals surface area (Å²) in [6.45, 7) is 2.38. The van der Waals surface area contributed by atoms with Crippen LogP contribution in [0.3, 0.4) is 0 Å². The largest absolute Gasteiger partial charge is 0.335 e. The number of likely N-dealkylation sites (tertiary alicyclic amines) is 1. The summed E-state index contributed by atoms with van der Waals surface area (Å²) in [6, 6.07) is 2.72. The Hall–Kier alpha value is -2.73. The summed E-state index contributed by atoms with van der Waals surface area (Å²) < 4.78 is 97.1.